The molecule has 0 saturated heterocycles. The molecule has 0 aromatic heterocycles. The minimum absolute atomic E-state index is 0.0295. The molecule has 0 aliphatic heterocycles. The van der Waals surface area contributed by atoms with Crippen molar-refractivity contribution in [3.05, 3.63) is 35.4 Å². The second-order valence-electron chi connectivity index (χ2n) is 4.69. The van der Waals surface area contributed by atoms with Crippen LogP contribution >= 0.6 is 11.8 Å². The molecule has 2 atom stereocenters. The van der Waals surface area contributed by atoms with Gasteiger partial charge in [0.05, 0.1) is 11.6 Å². The Balaban J connectivity index is 1.98. The lowest BCUT2D eigenvalue weighted by atomic mass is 10.1. The molecule has 100 valence electrons. The molecule has 4 heteroatoms. The van der Waals surface area contributed by atoms with Gasteiger partial charge in [-0.3, -0.25) is 4.79 Å². The summed E-state index contributed by atoms with van der Waals surface area (Å²) in [5.74, 6) is 1.06. The van der Waals surface area contributed by atoms with Crippen LogP contribution in [0.1, 0.15) is 42.1 Å². The first-order chi connectivity index (χ1) is 9.24. The van der Waals surface area contributed by atoms with Crippen LogP contribution in [-0.2, 0) is 0 Å². The highest BCUT2D eigenvalue weighted by molar-refractivity contribution is 7.99. The van der Waals surface area contributed by atoms with Gasteiger partial charge in [-0.1, -0.05) is 13.3 Å². The largest absolute Gasteiger partial charge is 0.348 e. The molecule has 0 bridgehead atoms. The van der Waals surface area contributed by atoms with Gasteiger partial charge in [-0.2, -0.15) is 17.0 Å². The number of amides is 1. The molecule has 1 aromatic carbocycles. The van der Waals surface area contributed by atoms with E-state index in [4.69, 9.17) is 5.26 Å². The van der Waals surface area contributed by atoms with Gasteiger partial charge in [0.1, 0.15) is 0 Å². The zero-order valence-corrected chi connectivity index (χ0v) is 11.9. The third kappa shape index (κ3) is 3.51. The first kappa shape index (κ1) is 14.0. The maximum atomic E-state index is 12.1. The van der Waals surface area contributed by atoms with Crippen molar-refractivity contribution in [2.45, 2.75) is 37.5 Å². The fraction of sp³-hybridized carbons (Fsp3) is 0.467. The summed E-state index contributed by atoms with van der Waals surface area (Å²) in [6, 6.07) is 9.13. The van der Waals surface area contributed by atoms with E-state index in [9.17, 15) is 4.79 Å². The van der Waals surface area contributed by atoms with Crippen molar-refractivity contribution in [2.24, 2.45) is 0 Å². The SMILES string of the molecule is CCSC1CCCC1NC(=O)c1ccc(C#N)cc1. The average Bonchev–Trinajstić information content (AvgIpc) is 2.86. The third-order valence-electron chi connectivity index (χ3n) is 3.43. The molecule has 0 spiro atoms. The number of benzene rings is 1. The Labute approximate surface area is 118 Å². The van der Waals surface area contributed by atoms with Crippen molar-refractivity contribution < 1.29 is 4.79 Å². The van der Waals surface area contributed by atoms with Crippen molar-refractivity contribution in [1.29, 1.82) is 5.26 Å². The van der Waals surface area contributed by atoms with Gasteiger partial charge in [-0.05, 0) is 42.9 Å². The molecular weight excluding hydrogens is 256 g/mol. The van der Waals surface area contributed by atoms with Crippen LogP contribution < -0.4 is 5.32 Å². The molecule has 1 N–H and O–H groups in total. The van der Waals surface area contributed by atoms with E-state index in [2.05, 4.69) is 18.3 Å². The van der Waals surface area contributed by atoms with Gasteiger partial charge in [-0.15, -0.1) is 0 Å². The predicted octanol–water partition coefficient (Wildman–Crippen LogP) is 2.96. The second-order valence-corrected chi connectivity index (χ2v) is 6.21. The molecule has 3 nitrogen and oxygen atoms in total. The fourth-order valence-corrected chi connectivity index (χ4v) is 3.65. The maximum Gasteiger partial charge on any atom is 0.251 e. The number of rotatable bonds is 4. The molecule has 0 radical (unpaired) electrons. The predicted molar refractivity (Wildman–Crippen MR) is 78.2 cm³/mol. The van der Waals surface area contributed by atoms with E-state index in [0.29, 0.717) is 16.4 Å². The Morgan fingerprint density at radius 3 is 2.79 bits per heavy atom. The number of nitrogens with zero attached hydrogens (tertiary/aromatic N) is 1. The monoisotopic (exact) mass is 274 g/mol. The highest BCUT2D eigenvalue weighted by Crippen LogP contribution is 2.30. The molecule has 19 heavy (non-hydrogen) atoms. The Kier molecular flexibility index (Phi) is 4.86. The number of carbonyl (C=O) groups is 1. The number of hydrogen-bond donors (Lipinski definition) is 1. The topological polar surface area (TPSA) is 52.9 Å². The van der Waals surface area contributed by atoms with E-state index in [1.165, 1.54) is 12.8 Å². The normalized spacial score (nSPS) is 21.9. The third-order valence-corrected chi connectivity index (χ3v) is 4.75. The second kappa shape index (κ2) is 6.63. The van der Waals surface area contributed by atoms with Crippen LogP contribution in [0, 0.1) is 11.3 Å². The average molecular weight is 274 g/mol. The van der Waals surface area contributed by atoms with Crippen molar-refractivity contribution in [3.8, 4) is 6.07 Å². The summed E-state index contributed by atoms with van der Waals surface area (Å²) in [5.41, 5.74) is 1.21. The zero-order chi connectivity index (χ0) is 13.7. The van der Waals surface area contributed by atoms with E-state index in [1.54, 1.807) is 24.3 Å². The van der Waals surface area contributed by atoms with E-state index in [1.807, 2.05) is 11.8 Å². The highest BCUT2D eigenvalue weighted by Gasteiger charge is 2.28. The van der Waals surface area contributed by atoms with Crippen molar-refractivity contribution in [1.82, 2.24) is 5.32 Å². The standard InChI is InChI=1S/C15H18N2OS/c1-2-19-14-5-3-4-13(14)17-15(18)12-8-6-11(10-16)7-9-12/h6-9,13-14H,2-5H2,1H3,(H,17,18). The Morgan fingerprint density at radius 2 is 2.16 bits per heavy atom. The van der Waals surface area contributed by atoms with E-state index in [0.717, 1.165) is 12.2 Å². The molecule has 2 unspecified atom stereocenters. The summed E-state index contributed by atoms with van der Waals surface area (Å²) in [7, 11) is 0. The summed E-state index contributed by atoms with van der Waals surface area (Å²) in [5, 5.41) is 12.4. The molecule has 1 fully saturated rings. The Morgan fingerprint density at radius 1 is 1.42 bits per heavy atom. The first-order valence-electron chi connectivity index (χ1n) is 6.67. The Hall–Kier alpha value is -1.47. The molecule has 1 aliphatic carbocycles. The smallest absolute Gasteiger partial charge is 0.251 e. The van der Waals surface area contributed by atoms with Crippen LogP contribution in [0.3, 0.4) is 0 Å². The van der Waals surface area contributed by atoms with Crippen LogP contribution in [0.15, 0.2) is 24.3 Å². The van der Waals surface area contributed by atoms with Crippen LogP contribution in [-0.4, -0.2) is 23.0 Å². The minimum atomic E-state index is -0.0295. The van der Waals surface area contributed by atoms with Gasteiger partial charge in [-0.25, -0.2) is 0 Å². The first-order valence-corrected chi connectivity index (χ1v) is 7.72. The van der Waals surface area contributed by atoms with Crippen LogP contribution in [0.2, 0.25) is 0 Å². The van der Waals surface area contributed by atoms with Crippen molar-refractivity contribution >= 4 is 17.7 Å². The minimum Gasteiger partial charge on any atom is -0.348 e. The molecule has 2 rings (SSSR count). The zero-order valence-electron chi connectivity index (χ0n) is 11.1. The van der Waals surface area contributed by atoms with E-state index in [-0.39, 0.29) is 11.9 Å². The van der Waals surface area contributed by atoms with E-state index < -0.39 is 0 Å². The van der Waals surface area contributed by atoms with Gasteiger partial charge < -0.3 is 5.32 Å². The number of nitriles is 1. The summed E-state index contributed by atoms with van der Waals surface area (Å²) in [4.78, 5) is 12.1. The summed E-state index contributed by atoms with van der Waals surface area (Å²) >= 11 is 1.93. The molecule has 1 aliphatic rings. The Bertz CT molecular complexity index is 478. The highest BCUT2D eigenvalue weighted by atomic mass is 32.2. The van der Waals surface area contributed by atoms with Crippen LogP contribution in [0.25, 0.3) is 0 Å². The van der Waals surface area contributed by atoms with E-state index >= 15 is 0 Å². The molecule has 0 heterocycles. The van der Waals surface area contributed by atoms with Gasteiger partial charge in [0, 0.05) is 16.9 Å². The molecule has 1 amide bonds. The van der Waals surface area contributed by atoms with Gasteiger partial charge in [0.2, 0.25) is 0 Å². The summed E-state index contributed by atoms with van der Waals surface area (Å²) in [6.07, 6.45) is 3.45. The number of nitrogens with one attached hydrogen (secondary N) is 1. The molecule has 1 saturated carbocycles. The lowest BCUT2D eigenvalue weighted by Gasteiger charge is -2.20. The maximum absolute atomic E-state index is 12.1. The quantitative estimate of drug-likeness (QED) is 0.918. The summed E-state index contributed by atoms with van der Waals surface area (Å²) < 4.78 is 0. The van der Waals surface area contributed by atoms with Gasteiger partial charge in [0.25, 0.3) is 5.91 Å². The number of hydrogen-bond acceptors (Lipinski definition) is 3. The fourth-order valence-electron chi connectivity index (χ4n) is 2.45. The lowest BCUT2D eigenvalue weighted by Crippen LogP contribution is -2.38. The number of thioether (sulfide) groups is 1. The van der Waals surface area contributed by atoms with Gasteiger partial charge >= 0.3 is 0 Å². The number of carbonyl (C=O) groups excluding carboxylic acids is 1. The van der Waals surface area contributed by atoms with Crippen LogP contribution in [0.5, 0.6) is 0 Å². The summed E-state index contributed by atoms with van der Waals surface area (Å²) in [6.45, 7) is 2.16. The lowest BCUT2D eigenvalue weighted by molar-refractivity contribution is 0.0938. The van der Waals surface area contributed by atoms with Gasteiger partial charge in [0.15, 0.2) is 0 Å². The van der Waals surface area contributed by atoms with Crippen molar-refractivity contribution in [3.63, 3.8) is 0 Å². The van der Waals surface area contributed by atoms with Crippen molar-refractivity contribution in [2.75, 3.05) is 5.75 Å². The molecular formula is C15H18N2OS. The molecule has 1 aromatic rings. The van der Waals surface area contributed by atoms with Crippen LogP contribution in [0.4, 0.5) is 0 Å².